The SMILES string of the molecule is CCc1ccc(Cc2cc(C(=O)N[C@H]3CCCC[C@@H]3O)c(OC)c3ccccc23)cn1. The summed E-state index contributed by atoms with van der Waals surface area (Å²) in [5, 5.41) is 15.3. The van der Waals surface area contributed by atoms with Gasteiger partial charge in [-0.2, -0.15) is 0 Å². The number of ether oxygens (including phenoxy) is 1. The van der Waals surface area contributed by atoms with Gasteiger partial charge in [-0.3, -0.25) is 9.78 Å². The van der Waals surface area contributed by atoms with E-state index in [1.54, 1.807) is 7.11 Å². The fourth-order valence-corrected chi connectivity index (χ4v) is 4.47. The lowest BCUT2D eigenvalue weighted by Gasteiger charge is -2.28. The first-order valence-electron chi connectivity index (χ1n) is 11.1. The quantitative estimate of drug-likeness (QED) is 0.621. The third-order valence-corrected chi connectivity index (χ3v) is 6.22. The van der Waals surface area contributed by atoms with E-state index >= 15 is 0 Å². The summed E-state index contributed by atoms with van der Waals surface area (Å²) in [4.78, 5) is 17.8. The number of nitrogens with one attached hydrogen (secondary N) is 1. The second kappa shape index (κ2) is 9.48. The van der Waals surface area contributed by atoms with E-state index < -0.39 is 6.10 Å². The molecule has 2 atom stereocenters. The van der Waals surface area contributed by atoms with Crippen molar-refractivity contribution < 1.29 is 14.6 Å². The summed E-state index contributed by atoms with van der Waals surface area (Å²) in [5.41, 5.74) is 3.72. The van der Waals surface area contributed by atoms with Gasteiger partial charge in [0.05, 0.1) is 24.8 Å². The monoisotopic (exact) mass is 418 g/mol. The van der Waals surface area contributed by atoms with Crippen LogP contribution >= 0.6 is 0 Å². The minimum absolute atomic E-state index is 0.200. The second-order valence-electron chi connectivity index (χ2n) is 8.28. The molecule has 1 aromatic heterocycles. The van der Waals surface area contributed by atoms with E-state index in [0.29, 0.717) is 17.7 Å². The van der Waals surface area contributed by atoms with Crippen LogP contribution in [0.4, 0.5) is 0 Å². The second-order valence-corrected chi connectivity index (χ2v) is 8.28. The maximum atomic E-state index is 13.3. The summed E-state index contributed by atoms with van der Waals surface area (Å²) in [5.74, 6) is 0.371. The molecule has 1 heterocycles. The molecule has 31 heavy (non-hydrogen) atoms. The Morgan fingerprint density at radius 3 is 2.61 bits per heavy atom. The van der Waals surface area contributed by atoms with Gasteiger partial charge in [-0.15, -0.1) is 0 Å². The molecule has 1 aliphatic carbocycles. The Morgan fingerprint density at radius 2 is 1.94 bits per heavy atom. The molecular formula is C26H30N2O3. The van der Waals surface area contributed by atoms with Crippen LogP contribution in [-0.4, -0.2) is 35.3 Å². The van der Waals surface area contributed by atoms with Gasteiger partial charge < -0.3 is 15.2 Å². The zero-order valence-corrected chi connectivity index (χ0v) is 18.2. The number of nitrogens with zero attached hydrogens (tertiary/aromatic N) is 1. The Kier molecular flexibility index (Phi) is 6.52. The molecule has 0 saturated heterocycles. The highest BCUT2D eigenvalue weighted by Gasteiger charge is 2.27. The first-order valence-corrected chi connectivity index (χ1v) is 11.1. The molecule has 2 aromatic carbocycles. The van der Waals surface area contributed by atoms with Crippen molar-refractivity contribution in [1.29, 1.82) is 0 Å². The third-order valence-electron chi connectivity index (χ3n) is 6.22. The molecule has 1 saturated carbocycles. The van der Waals surface area contributed by atoms with E-state index in [1.165, 1.54) is 0 Å². The van der Waals surface area contributed by atoms with Crippen LogP contribution in [0.25, 0.3) is 10.8 Å². The molecule has 162 valence electrons. The summed E-state index contributed by atoms with van der Waals surface area (Å²) in [7, 11) is 1.60. The number of aliphatic hydroxyl groups is 1. The number of carbonyl (C=O) groups excluding carboxylic acids is 1. The molecule has 1 fully saturated rings. The van der Waals surface area contributed by atoms with E-state index in [2.05, 4.69) is 35.4 Å². The number of aryl methyl sites for hydroxylation is 1. The molecule has 2 N–H and O–H groups in total. The number of rotatable bonds is 6. The standard InChI is InChI=1S/C26H30N2O3/c1-3-19-13-12-17(16-27-19)14-18-15-22(25(31-2)21-9-5-4-8-20(18)21)26(30)28-23-10-6-7-11-24(23)29/h4-5,8-9,12-13,15-16,23-24,29H,3,6-7,10-11,14H2,1-2H3,(H,28,30)/t23-,24-/m0/s1. The van der Waals surface area contributed by atoms with Crippen LogP contribution in [0.5, 0.6) is 5.75 Å². The van der Waals surface area contributed by atoms with Gasteiger partial charge in [-0.1, -0.05) is 50.1 Å². The summed E-state index contributed by atoms with van der Waals surface area (Å²) < 4.78 is 5.70. The maximum absolute atomic E-state index is 13.3. The Morgan fingerprint density at radius 1 is 1.16 bits per heavy atom. The third kappa shape index (κ3) is 4.57. The van der Waals surface area contributed by atoms with Crippen LogP contribution < -0.4 is 10.1 Å². The van der Waals surface area contributed by atoms with E-state index in [9.17, 15) is 9.90 Å². The van der Waals surface area contributed by atoms with Crippen LogP contribution in [0.3, 0.4) is 0 Å². The number of aromatic nitrogens is 1. The molecular weight excluding hydrogens is 388 g/mol. The Hall–Kier alpha value is -2.92. The number of fused-ring (bicyclic) bond motifs is 1. The Bertz CT molecular complexity index is 1060. The van der Waals surface area contributed by atoms with Crippen LogP contribution in [0.2, 0.25) is 0 Å². The molecule has 1 aliphatic rings. The molecule has 5 nitrogen and oxygen atoms in total. The van der Waals surface area contributed by atoms with E-state index in [1.807, 2.05) is 30.5 Å². The number of carbonyl (C=O) groups is 1. The van der Waals surface area contributed by atoms with E-state index in [0.717, 1.165) is 59.7 Å². The lowest BCUT2D eigenvalue weighted by molar-refractivity contribution is 0.0715. The molecule has 5 heteroatoms. The summed E-state index contributed by atoms with van der Waals surface area (Å²) in [6.07, 6.45) is 6.54. The van der Waals surface area contributed by atoms with Gasteiger partial charge in [-0.05, 0) is 54.3 Å². The minimum Gasteiger partial charge on any atom is -0.495 e. The zero-order valence-electron chi connectivity index (χ0n) is 18.2. The van der Waals surface area contributed by atoms with Crippen molar-refractivity contribution >= 4 is 16.7 Å². The van der Waals surface area contributed by atoms with Gasteiger partial charge in [0.1, 0.15) is 5.75 Å². The first kappa shape index (κ1) is 21.3. The molecule has 3 aromatic rings. The van der Waals surface area contributed by atoms with Crippen molar-refractivity contribution in [3.05, 3.63) is 71.0 Å². The highest BCUT2D eigenvalue weighted by Crippen LogP contribution is 2.34. The number of amides is 1. The van der Waals surface area contributed by atoms with Crippen LogP contribution in [0.1, 0.15) is 59.8 Å². The molecule has 4 rings (SSSR count). The Labute approximate surface area is 183 Å². The molecule has 0 unspecified atom stereocenters. The number of hydrogen-bond donors (Lipinski definition) is 2. The molecule has 0 bridgehead atoms. The van der Waals surface area contributed by atoms with Gasteiger partial charge in [0.15, 0.2) is 0 Å². The average molecular weight is 419 g/mol. The number of pyridine rings is 1. The molecule has 0 spiro atoms. The summed E-state index contributed by atoms with van der Waals surface area (Å²) in [6, 6.07) is 13.9. The van der Waals surface area contributed by atoms with Crippen molar-refractivity contribution in [2.24, 2.45) is 0 Å². The predicted molar refractivity (Wildman–Crippen MR) is 123 cm³/mol. The summed E-state index contributed by atoms with van der Waals surface area (Å²) in [6.45, 7) is 2.09. The van der Waals surface area contributed by atoms with Crippen molar-refractivity contribution in [2.75, 3.05) is 7.11 Å². The van der Waals surface area contributed by atoms with Crippen LogP contribution in [-0.2, 0) is 12.8 Å². The van der Waals surface area contributed by atoms with Gasteiger partial charge in [-0.25, -0.2) is 0 Å². The van der Waals surface area contributed by atoms with Crippen molar-refractivity contribution in [2.45, 2.75) is 57.6 Å². The average Bonchev–Trinajstić information content (AvgIpc) is 2.80. The van der Waals surface area contributed by atoms with Crippen LogP contribution in [0, 0.1) is 0 Å². The number of methoxy groups -OCH3 is 1. The van der Waals surface area contributed by atoms with E-state index in [-0.39, 0.29) is 11.9 Å². The predicted octanol–water partition coefficient (Wildman–Crippen LogP) is 4.43. The maximum Gasteiger partial charge on any atom is 0.255 e. The lowest BCUT2D eigenvalue weighted by Crippen LogP contribution is -2.45. The first-order chi connectivity index (χ1) is 15.1. The summed E-state index contributed by atoms with van der Waals surface area (Å²) >= 11 is 0. The van der Waals surface area contributed by atoms with E-state index in [4.69, 9.17) is 4.74 Å². The fraction of sp³-hybridized carbons (Fsp3) is 0.385. The van der Waals surface area contributed by atoms with Crippen molar-refractivity contribution in [3.63, 3.8) is 0 Å². The number of hydrogen-bond acceptors (Lipinski definition) is 4. The van der Waals surface area contributed by atoms with Crippen molar-refractivity contribution in [3.8, 4) is 5.75 Å². The number of aliphatic hydroxyl groups excluding tert-OH is 1. The molecule has 0 aliphatic heterocycles. The Balaban J connectivity index is 1.72. The smallest absolute Gasteiger partial charge is 0.255 e. The highest BCUT2D eigenvalue weighted by atomic mass is 16.5. The zero-order chi connectivity index (χ0) is 21.8. The van der Waals surface area contributed by atoms with Gasteiger partial charge in [0.25, 0.3) is 5.91 Å². The lowest BCUT2D eigenvalue weighted by atomic mass is 9.91. The van der Waals surface area contributed by atoms with Crippen molar-refractivity contribution in [1.82, 2.24) is 10.3 Å². The normalized spacial score (nSPS) is 18.7. The van der Waals surface area contributed by atoms with Gasteiger partial charge in [0, 0.05) is 17.3 Å². The van der Waals surface area contributed by atoms with Crippen LogP contribution in [0.15, 0.2) is 48.7 Å². The van der Waals surface area contributed by atoms with Gasteiger partial charge in [0.2, 0.25) is 0 Å². The molecule has 1 amide bonds. The largest absolute Gasteiger partial charge is 0.495 e. The minimum atomic E-state index is -0.494. The topological polar surface area (TPSA) is 71.5 Å². The fourth-order valence-electron chi connectivity index (χ4n) is 4.47. The highest BCUT2D eigenvalue weighted by molar-refractivity contribution is 6.05. The van der Waals surface area contributed by atoms with Gasteiger partial charge >= 0.3 is 0 Å². The molecule has 0 radical (unpaired) electrons. The number of benzene rings is 2.